The summed E-state index contributed by atoms with van der Waals surface area (Å²) in [5, 5.41) is 3.69. The molecule has 1 aliphatic carbocycles. The van der Waals surface area contributed by atoms with Crippen LogP contribution in [0.3, 0.4) is 0 Å². The van der Waals surface area contributed by atoms with Crippen molar-refractivity contribution >= 4 is 18.4 Å². The quantitative estimate of drug-likeness (QED) is 0.558. The van der Waals surface area contributed by atoms with Crippen molar-refractivity contribution in [2.24, 2.45) is 5.92 Å². The van der Waals surface area contributed by atoms with Crippen molar-refractivity contribution in [3.05, 3.63) is 0 Å². The SMILES string of the molecule is CC(S)NC1CC(OC2CCN(CC(=O)C(C)C)CC2)C1. The highest BCUT2D eigenvalue weighted by Gasteiger charge is 2.33. The van der Waals surface area contributed by atoms with Gasteiger partial charge in [0.25, 0.3) is 0 Å². The summed E-state index contributed by atoms with van der Waals surface area (Å²) in [5.74, 6) is 0.496. The number of hydrogen-bond acceptors (Lipinski definition) is 5. The minimum atomic E-state index is 0.146. The lowest BCUT2D eigenvalue weighted by atomic mass is 9.88. The molecule has 1 heterocycles. The van der Waals surface area contributed by atoms with Crippen LogP contribution in [0.1, 0.15) is 46.5 Å². The summed E-state index contributed by atoms with van der Waals surface area (Å²) in [7, 11) is 0. The van der Waals surface area contributed by atoms with E-state index in [1.807, 2.05) is 13.8 Å². The number of thiol groups is 1. The highest BCUT2D eigenvalue weighted by atomic mass is 32.1. The Bertz CT molecular complexity index is 335. The maximum absolute atomic E-state index is 11.8. The first-order chi connectivity index (χ1) is 9.94. The van der Waals surface area contributed by atoms with Crippen LogP contribution in [0.5, 0.6) is 0 Å². The molecule has 5 heteroatoms. The lowest BCUT2D eigenvalue weighted by Gasteiger charge is -2.41. The molecule has 1 unspecified atom stereocenters. The van der Waals surface area contributed by atoms with Crippen molar-refractivity contribution in [1.29, 1.82) is 0 Å². The number of hydrogen-bond donors (Lipinski definition) is 2. The molecule has 122 valence electrons. The van der Waals surface area contributed by atoms with E-state index >= 15 is 0 Å². The predicted molar refractivity (Wildman–Crippen MR) is 88.8 cm³/mol. The number of nitrogens with zero attached hydrogens (tertiary/aromatic N) is 1. The Morgan fingerprint density at radius 2 is 1.86 bits per heavy atom. The molecule has 21 heavy (non-hydrogen) atoms. The smallest absolute Gasteiger partial charge is 0.149 e. The predicted octanol–water partition coefficient (Wildman–Crippen LogP) is 2.09. The number of carbonyl (C=O) groups is 1. The van der Waals surface area contributed by atoms with E-state index in [2.05, 4.69) is 29.8 Å². The van der Waals surface area contributed by atoms with E-state index in [0.717, 1.165) is 38.8 Å². The average Bonchev–Trinajstić information content (AvgIpc) is 2.37. The lowest BCUT2D eigenvalue weighted by Crippen LogP contribution is -2.49. The number of likely N-dealkylation sites (tertiary alicyclic amines) is 1. The molecule has 0 spiro atoms. The van der Waals surface area contributed by atoms with Gasteiger partial charge in [-0.3, -0.25) is 9.69 Å². The van der Waals surface area contributed by atoms with E-state index < -0.39 is 0 Å². The second kappa shape index (κ2) is 7.95. The molecular formula is C16H30N2O2S. The van der Waals surface area contributed by atoms with Gasteiger partial charge < -0.3 is 10.1 Å². The molecule has 1 N–H and O–H groups in total. The van der Waals surface area contributed by atoms with Crippen LogP contribution >= 0.6 is 12.6 Å². The van der Waals surface area contributed by atoms with Crippen LogP contribution in [0.15, 0.2) is 0 Å². The molecule has 0 aromatic carbocycles. The van der Waals surface area contributed by atoms with Gasteiger partial charge in [0.05, 0.1) is 18.8 Å². The molecular weight excluding hydrogens is 284 g/mol. The van der Waals surface area contributed by atoms with E-state index in [1.165, 1.54) is 0 Å². The Kier molecular flexibility index (Phi) is 6.53. The van der Waals surface area contributed by atoms with E-state index in [-0.39, 0.29) is 11.3 Å². The van der Waals surface area contributed by atoms with Crippen molar-refractivity contribution in [2.45, 2.75) is 70.1 Å². The van der Waals surface area contributed by atoms with Gasteiger partial charge in [-0.2, -0.15) is 12.6 Å². The minimum absolute atomic E-state index is 0.146. The summed E-state index contributed by atoms with van der Waals surface area (Å²) in [4.78, 5) is 14.0. The molecule has 0 radical (unpaired) electrons. The van der Waals surface area contributed by atoms with E-state index in [9.17, 15) is 4.79 Å². The number of Topliss-reactive ketones (excluding diaryl/α,β-unsaturated/α-hetero) is 1. The van der Waals surface area contributed by atoms with E-state index in [4.69, 9.17) is 4.74 Å². The number of piperidine rings is 1. The molecule has 0 amide bonds. The standard InChI is InChI=1S/C16H30N2O2S/c1-11(2)16(19)10-18-6-4-14(5-7-18)20-15-8-13(9-15)17-12(3)21/h11-15,17,21H,4-10H2,1-3H3. The molecule has 1 atom stereocenters. The molecule has 0 aromatic heterocycles. The zero-order chi connectivity index (χ0) is 15.4. The summed E-state index contributed by atoms with van der Waals surface area (Å²) in [6.07, 6.45) is 5.14. The van der Waals surface area contributed by atoms with Crippen molar-refractivity contribution in [3.63, 3.8) is 0 Å². The third-order valence-electron chi connectivity index (χ3n) is 4.51. The zero-order valence-electron chi connectivity index (χ0n) is 13.5. The number of nitrogens with one attached hydrogen (secondary N) is 1. The third kappa shape index (κ3) is 5.55. The second-order valence-corrected chi connectivity index (χ2v) is 7.64. The molecule has 2 rings (SSSR count). The first kappa shape index (κ1) is 17.3. The number of carbonyl (C=O) groups excluding carboxylic acids is 1. The maximum atomic E-state index is 11.8. The van der Waals surface area contributed by atoms with Crippen LogP contribution < -0.4 is 5.32 Å². The topological polar surface area (TPSA) is 41.6 Å². The normalized spacial score (nSPS) is 29.4. The van der Waals surface area contributed by atoms with Gasteiger partial charge in [0.1, 0.15) is 5.78 Å². The summed E-state index contributed by atoms with van der Waals surface area (Å²) in [5.41, 5.74) is 0. The fourth-order valence-electron chi connectivity index (χ4n) is 3.03. The van der Waals surface area contributed by atoms with Crippen molar-refractivity contribution < 1.29 is 9.53 Å². The summed E-state index contributed by atoms with van der Waals surface area (Å²) < 4.78 is 6.16. The second-order valence-electron chi connectivity index (χ2n) is 6.87. The Labute approximate surface area is 134 Å². The first-order valence-electron chi connectivity index (χ1n) is 8.28. The fraction of sp³-hybridized carbons (Fsp3) is 0.938. The molecule has 1 saturated carbocycles. The van der Waals surface area contributed by atoms with Crippen molar-refractivity contribution in [3.8, 4) is 0 Å². The van der Waals surface area contributed by atoms with E-state index in [0.29, 0.717) is 30.6 Å². The van der Waals surface area contributed by atoms with Crippen LogP contribution in [0, 0.1) is 5.92 Å². The van der Waals surface area contributed by atoms with Crippen LogP contribution in [-0.2, 0) is 9.53 Å². The van der Waals surface area contributed by atoms with Gasteiger partial charge >= 0.3 is 0 Å². The summed E-state index contributed by atoms with van der Waals surface area (Å²) >= 11 is 4.35. The van der Waals surface area contributed by atoms with Gasteiger partial charge in [0.15, 0.2) is 0 Å². The first-order valence-corrected chi connectivity index (χ1v) is 8.80. The van der Waals surface area contributed by atoms with Crippen LogP contribution in [0.25, 0.3) is 0 Å². The van der Waals surface area contributed by atoms with Crippen LogP contribution in [0.2, 0.25) is 0 Å². The molecule has 0 bridgehead atoms. The molecule has 0 aromatic rings. The molecule has 1 saturated heterocycles. The van der Waals surface area contributed by atoms with Crippen molar-refractivity contribution in [2.75, 3.05) is 19.6 Å². The van der Waals surface area contributed by atoms with Crippen molar-refractivity contribution in [1.82, 2.24) is 10.2 Å². The number of rotatable bonds is 7. The van der Waals surface area contributed by atoms with Gasteiger partial charge in [-0.25, -0.2) is 0 Å². The van der Waals surface area contributed by atoms with Gasteiger partial charge in [-0.05, 0) is 32.6 Å². The Morgan fingerprint density at radius 3 is 2.38 bits per heavy atom. The Morgan fingerprint density at radius 1 is 1.24 bits per heavy atom. The monoisotopic (exact) mass is 314 g/mol. The van der Waals surface area contributed by atoms with Gasteiger partial charge in [-0.15, -0.1) is 0 Å². The maximum Gasteiger partial charge on any atom is 0.149 e. The molecule has 2 aliphatic rings. The van der Waals surface area contributed by atoms with Gasteiger partial charge in [0.2, 0.25) is 0 Å². The van der Waals surface area contributed by atoms with E-state index in [1.54, 1.807) is 0 Å². The zero-order valence-corrected chi connectivity index (χ0v) is 14.4. The van der Waals surface area contributed by atoms with Gasteiger partial charge in [-0.1, -0.05) is 13.8 Å². The van der Waals surface area contributed by atoms with Crippen LogP contribution in [0.4, 0.5) is 0 Å². The summed E-state index contributed by atoms with van der Waals surface area (Å²) in [6.45, 7) is 8.61. The van der Waals surface area contributed by atoms with Gasteiger partial charge in [0, 0.05) is 30.4 Å². The number of ether oxygens (including phenoxy) is 1. The largest absolute Gasteiger partial charge is 0.375 e. The molecule has 2 fully saturated rings. The summed E-state index contributed by atoms with van der Waals surface area (Å²) in [6, 6.07) is 0.575. The molecule has 1 aliphatic heterocycles. The minimum Gasteiger partial charge on any atom is -0.375 e. The number of ketones is 1. The Balaban J connectivity index is 1.59. The third-order valence-corrected chi connectivity index (χ3v) is 4.66. The van der Waals surface area contributed by atoms with Crippen LogP contribution in [-0.4, -0.2) is 53.9 Å². The Hall–Kier alpha value is -0.100. The lowest BCUT2D eigenvalue weighted by molar-refractivity contribution is -0.124. The molecule has 4 nitrogen and oxygen atoms in total. The average molecular weight is 314 g/mol. The highest BCUT2D eigenvalue weighted by molar-refractivity contribution is 7.80. The fourth-order valence-corrected chi connectivity index (χ4v) is 3.24. The highest BCUT2D eigenvalue weighted by Crippen LogP contribution is 2.27.